The quantitative estimate of drug-likeness (QED) is 0.834. The number of amides is 1. The fraction of sp³-hybridized carbons (Fsp3) is 0.333. The van der Waals surface area contributed by atoms with E-state index in [1.165, 1.54) is 0 Å². The summed E-state index contributed by atoms with van der Waals surface area (Å²) in [5.74, 6) is 1.09. The van der Waals surface area contributed by atoms with E-state index in [4.69, 9.17) is 10.00 Å². The van der Waals surface area contributed by atoms with Crippen LogP contribution in [0.1, 0.15) is 16.8 Å². The molecule has 1 saturated heterocycles. The van der Waals surface area contributed by atoms with Crippen LogP contribution in [0.3, 0.4) is 0 Å². The average molecular weight is 350 g/mol. The lowest BCUT2D eigenvalue weighted by molar-refractivity contribution is 0.0938. The number of nitrogens with one attached hydrogen (secondary N) is 1. The summed E-state index contributed by atoms with van der Waals surface area (Å²) >= 11 is 0. The molecule has 0 spiro atoms. The Morgan fingerprint density at radius 1 is 1.31 bits per heavy atom. The van der Waals surface area contributed by atoms with Crippen molar-refractivity contribution in [3.8, 4) is 11.9 Å². The van der Waals surface area contributed by atoms with Crippen molar-refractivity contribution >= 4 is 17.5 Å². The van der Waals surface area contributed by atoms with Crippen LogP contribution in [0.15, 0.2) is 36.7 Å². The normalized spacial score (nSPS) is 18.7. The molecule has 0 saturated carbocycles. The summed E-state index contributed by atoms with van der Waals surface area (Å²) in [4.78, 5) is 24.7. The first kappa shape index (κ1) is 16.1. The van der Waals surface area contributed by atoms with Crippen molar-refractivity contribution in [1.82, 2.24) is 20.2 Å². The average Bonchev–Trinajstić information content (AvgIpc) is 3.15. The van der Waals surface area contributed by atoms with Gasteiger partial charge in [-0.1, -0.05) is 0 Å². The maximum absolute atomic E-state index is 12.5. The first-order valence-corrected chi connectivity index (χ1v) is 8.51. The van der Waals surface area contributed by atoms with E-state index in [1.807, 2.05) is 11.0 Å². The maximum Gasteiger partial charge on any atom is 0.251 e. The zero-order chi connectivity index (χ0) is 17.9. The Labute approximate surface area is 151 Å². The molecule has 2 aliphatic heterocycles. The van der Waals surface area contributed by atoms with Gasteiger partial charge < -0.3 is 19.9 Å². The first-order valence-electron chi connectivity index (χ1n) is 8.51. The van der Waals surface area contributed by atoms with Crippen LogP contribution in [-0.4, -0.2) is 53.1 Å². The lowest BCUT2D eigenvalue weighted by Crippen LogP contribution is -2.36. The molecule has 2 aromatic rings. The highest BCUT2D eigenvalue weighted by Gasteiger charge is 2.25. The van der Waals surface area contributed by atoms with Crippen molar-refractivity contribution in [3.05, 3.63) is 42.2 Å². The largest absolute Gasteiger partial charge is 0.490 e. The predicted molar refractivity (Wildman–Crippen MR) is 94.0 cm³/mol. The van der Waals surface area contributed by atoms with Crippen LogP contribution in [0.4, 0.5) is 11.6 Å². The van der Waals surface area contributed by atoms with Gasteiger partial charge in [-0.3, -0.25) is 4.79 Å². The Kier molecular flexibility index (Phi) is 4.27. The molecule has 8 heteroatoms. The van der Waals surface area contributed by atoms with Crippen molar-refractivity contribution in [2.24, 2.45) is 0 Å². The second-order valence-corrected chi connectivity index (χ2v) is 6.24. The van der Waals surface area contributed by atoms with Gasteiger partial charge >= 0.3 is 0 Å². The minimum Gasteiger partial charge on any atom is -0.490 e. The number of nitriles is 1. The fourth-order valence-corrected chi connectivity index (χ4v) is 3.24. The minimum absolute atomic E-state index is 0.00619. The molecule has 0 unspecified atom stereocenters. The molecule has 1 aromatic heterocycles. The number of aromatic nitrogens is 2. The second-order valence-electron chi connectivity index (χ2n) is 6.24. The highest BCUT2D eigenvalue weighted by atomic mass is 16.5. The molecule has 132 valence electrons. The van der Waals surface area contributed by atoms with Crippen LogP contribution in [-0.2, 0) is 0 Å². The maximum atomic E-state index is 12.5. The molecule has 8 nitrogen and oxygen atoms in total. The van der Waals surface area contributed by atoms with Crippen molar-refractivity contribution in [2.45, 2.75) is 12.5 Å². The SMILES string of the molecule is N#CN1CC[C@@H](NC(=O)c2ccc3c(c2)OCCN3c2ncccn2)C1. The predicted octanol–water partition coefficient (Wildman–Crippen LogP) is 1.29. The highest BCUT2D eigenvalue weighted by molar-refractivity contribution is 5.95. The number of likely N-dealkylation sites (tertiary alicyclic amines) is 1. The number of nitrogens with zero attached hydrogens (tertiary/aromatic N) is 5. The summed E-state index contributed by atoms with van der Waals surface area (Å²) in [6.45, 7) is 2.38. The summed E-state index contributed by atoms with van der Waals surface area (Å²) < 4.78 is 5.74. The van der Waals surface area contributed by atoms with Gasteiger partial charge in [0.1, 0.15) is 12.4 Å². The molecular formula is C18H18N6O2. The van der Waals surface area contributed by atoms with E-state index in [2.05, 4.69) is 21.5 Å². The van der Waals surface area contributed by atoms with Gasteiger partial charge in [0.05, 0.1) is 12.2 Å². The van der Waals surface area contributed by atoms with Crippen LogP contribution in [0, 0.1) is 11.5 Å². The molecule has 4 rings (SSSR count). The number of carbonyl (C=O) groups excluding carboxylic acids is 1. The summed E-state index contributed by atoms with van der Waals surface area (Å²) in [6, 6.07) is 7.14. The zero-order valence-electron chi connectivity index (χ0n) is 14.1. The summed E-state index contributed by atoms with van der Waals surface area (Å²) in [6.07, 6.45) is 6.29. The summed E-state index contributed by atoms with van der Waals surface area (Å²) in [5.41, 5.74) is 1.38. The van der Waals surface area contributed by atoms with Gasteiger partial charge in [0.25, 0.3) is 5.91 Å². The number of ether oxygens (including phenoxy) is 1. The van der Waals surface area contributed by atoms with Gasteiger partial charge in [-0.25, -0.2) is 9.97 Å². The Hall–Kier alpha value is -3.34. The van der Waals surface area contributed by atoms with Gasteiger partial charge in [0.15, 0.2) is 6.19 Å². The second kappa shape index (κ2) is 6.88. The number of fused-ring (bicyclic) bond motifs is 1. The third-order valence-electron chi connectivity index (χ3n) is 4.54. The van der Waals surface area contributed by atoms with E-state index in [1.54, 1.807) is 35.5 Å². The molecular weight excluding hydrogens is 332 g/mol. The molecule has 0 aliphatic carbocycles. The van der Waals surface area contributed by atoms with E-state index < -0.39 is 0 Å². The Morgan fingerprint density at radius 2 is 2.15 bits per heavy atom. The van der Waals surface area contributed by atoms with Crippen LogP contribution in [0.25, 0.3) is 0 Å². The van der Waals surface area contributed by atoms with Gasteiger partial charge in [0, 0.05) is 37.1 Å². The van der Waals surface area contributed by atoms with E-state index in [0.717, 1.165) is 12.1 Å². The first-order chi connectivity index (χ1) is 12.7. The number of benzene rings is 1. The van der Waals surface area contributed by atoms with Crippen LogP contribution >= 0.6 is 0 Å². The van der Waals surface area contributed by atoms with Gasteiger partial charge in [-0.2, -0.15) is 5.26 Å². The van der Waals surface area contributed by atoms with Gasteiger partial charge in [0.2, 0.25) is 5.95 Å². The lowest BCUT2D eigenvalue weighted by atomic mass is 10.1. The molecule has 3 heterocycles. The van der Waals surface area contributed by atoms with E-state index in [9.17, 15) is 4.79 Å². The van der Waals surface area contributed by atoms with Crippen LogP contribution in [0.5, 0.6) is 5.75 Å². The number of rotatable bonds is 3. The van der Waals surface area contributed by atoms with Crippen molar-refractivity contribution < 1.29 is 9.53 Å². The summed E-state index contributed by atoms with van der Waals surface area (Å²) in [5, 5.41) is 11.9. The van der Waals surface area contributed by atoms with Gasteiger partial charge in [-0.05, 0) is 30.7 Å². The van der Waals surface area contributed by atoms with Crippen LogP contribution in [0.2, 0.25) is 0 Å². The lowest BCUT2D eigenvalue weighted by Gasteiger charge is -2.29. The fourth-order valence-electron chi connectivity index (χ4n) is 3.24. The van der Waals surface area contributed by atoms with Crippen molar-refractivity contribution in [1.29, 1.82) is 5.26 Å². The van der Waals surface area contributed by atoms with E-state index in [0.29, 0.717) is 43.5 Å². The molecule has 0 radical (unpaired) electrons. The standard InChI is InChI=1S/C18H18N6O2/c19-12-23-7-4-14(11-23)22-17(25)13-2-3-15-16(10-13)26-9-8-24(15)18-20-5-1-6-21-18/h1-3,5-6,10,14H,4,7-9,11H2,(H,22,25)/t14-/m1/s1. The number of hydrogen-bond acceptors (Lipinski definition) is 7. The monoisotopic (exact) mass is 350 g/mol. The van der Waals surface area contributed by atoms with Gasteiger partial charge in [-0.15, -0.1) is 0 Å². The third-order valence-corrected chi connectivity index (χ3v) is 4.54. The van der Waals surface area contributed by atoms with E-state index in [-0.39, 0.29) is 11.9 Å². The Bertz CT molecular complexity index is 851. The molecule has 2 aliphatic rings. The molecule has 1 N–H and O–H groups in total. The molecule has 26 heavy (non-hydrogen) atoms. The highest BCUT2D eigenvalue weighted by Crippen LogP contribution is 2.35. The topological polar surface area (TPSA) is 94.4 Å². The summed E-state index contributed by atoms with van der Waals surface area (Å²) in [7, 11) is 0. The van der Waals surface area contributed by atoms with E-state index >= 15 is 0 Å². The molecule has 1 aromatic carbocycles. The van der Waals surface area contributed by atoms with Crippen molar-refractivity contribution in [3.63, 3.8) is 0 Å². The smallest absolute Gasteiger partial charge is 0.251 e. The zero-order valence-corrected chi connectivity index (χ0v) is 14.1. The molecule has 1 atom stereocenters. The number of anilines is 2. The minimum atomic E-state index is -0.158. The third kappa shape index (κ3) is 3.11. The Balaban J connectivity index is 1.52. The van der Waals surface area contributed by atoms with Crippen LogP contribution < -0.4 is 15.0 Å². The molecule has 0 bridgehead atoms. The number of hydrogen-bond donors (Lipinski definition) is 1. The Morgan fingerprint density at radius 3 is 2.92 bits per heavy atom. The molecule has 1 amide bonds. The number of carbonyl (C=O) groups is 1. The molecule has 1 fully saturated rings. The van der Waals surface area contributed by atoms with Crippen molar-refractivity contribution in [2.75, 3.05) is 31.1 Å².